The minimum Gasteiger partial charge on any atom is -0.308 e. The number of piperazine rings is 1. The summed E-state index contributed by atoms with van der Waals surface area (Å²) in [6, 6.07) is 9.42. The Bertz CT molecular complexity index is 1400. The van der Waals surface area contributed by atoms with E-state index in [1.165, 1.54) is 11.0 Å². The molecule has 1 aromatic heterocycles. The fraction of sp³-hybridized carbons (Fsp3) is 0.484. The van der Waals surface area contributed by atoms with Crippen molar-refractivity contribution in [2.24, 2.45) is 0 Å². The summed E-state index contributed by atoms with van der Waals surface area (Å²) >= 11 is 0. The maximum atomic E-state index is 14.4. The van der Waals surface area contributed by atoms with Crippen LogP contribution in [0, 0.1) is 11.6 Å². The number of carbonyl (C=O) groups excluding carboxylic acids is 1. The number of nitrogens with one attached hydrogen (secondary N) is 2. The van der Waals surface area contributed by atoms with Crippen molar-refractivity contribution >= 4 is 11.7 Å². The van der Waals surface area contributed by atoms with Crippen LogP contribution in [-0.2, 0) is 24.2 Å². The van der Waals surface area contributed by atoms with Crippen molar-refractivity contribution in [2.45, 2.75) is 63.8 Å². The molecule has 0 spiro atoms. The van der Waals surface area contributed by atoms with Crippen molar-refractivity contribution in [1.82, 2.24) is 24.7 Å². The molecule has 12 heteroatoms. The summed E-state index contributed by atoms with van der Waals surface area (Å²) in [6.45, 7) is 3.48. The average molecular weight is 605 g/mol. The van der Waals surface area contributed by atoms with E-state index in [-0.39, 0.29) is 11.9 Å². The van der Waals surface area contributed by atoms with Crippen LogP contribution in [0.1, 0.15) is 42.9 Å². The topological polar surface area (TPSA) is 65.4 Å². The minimum atomic E-state index is -4.20. The maximum Gasteiger partial charge on any atom is 0.401 e. The first-order valence-corrected chi connectivity index (χ1v) is 14.8. The Labute approximate surface area is 248 Å². The van der Waals surface area contributed by atoms with E-state index in [0.29, 0.717) is 75.4 Å². The summed E-state index contributed by atoms with van der Waals surface area (Å²) in [6.07, 6.45) is 2.11. The van der Waals surface area contributed by atoms with Crippen LogP contribution in [0.3, 0.4) is 0 Å². The second kappa shape index (κ2) is 13.5. The van der Waals surface area contributed by atoms with Crippen molar-refractivity contribution in [3.05, 3.63) is 77.2 Å². The molecular weight excluding hydrogens is 567 g/mol. The van der Waals surface area contributed by atoms with E-state index >= 15 is 0 Å². The molecule has 2 N–H and O–H groups in total. The molecule has 7 nitrogen and oxygen atoms in total. The number of nitrogens with zero attached hydrogens (tertiary/aromatic N) is 4. The number of anilines is 1. The summed E-state index contributed by atoms with van der Waals surface area (Å²) < 4.78 is 68.1. The van der Waals surface area contributed by atoms with Crippen LogP contribution in [0.15, 0.2) is 48.9 Å². The zero-order valence-corrected chi connectivity index (χ0v) is 24.1. The normalized spacial score (nSPS) is 18.8. The van der Waals surface area contributed by atoms with E-state index in [4.69, 9.17) is 0 Å². The number of benzene rings is 2. The van der Waals surface area contributed by atoms with Crippen LogP contribution in [0.2, 0.25) is 0 Å². The molecule has 2 atom stereocenters. The molecule has 3 aromatic rings. The smallest absolute Gasteiger partial charge is 0.308 e. The standard InChI is InChI=1S/C31H37F5N6O/c1-2-5-27(38-24-9-8-21-14-23(32)15-26(33)25(21)16-24)30(43)39-29-18-42(20-37-29)28-7-4-3-6-22(28)17-40-10-12-41(13-11-40)19-31(34,35)36/h3-4,6-7,14-15,18,20,24,27,38H,2,5,8-13,16-17,19H2,1H3,(H,39,43)/t24-,27?/m0/s1. The summed E-state index contributed by atoms with van der Waals surface area (Å²) in [5, 5.41) is 6.29. The van der Waals surface area contributed by atoms with Gasteiger partial charge in [-0.3, -0.25) is 14.6 Å². The van der Waals surface area contributed by atoms with Crippen LogP contribution in [0.25, 0.3) is 5.69 Å². The van der Waals surface area contributed by atoms with Gasteiger partial charge in [-0.25, -0.2) is 13.8 Å². The fourth-order valence-electron chi connectivity index (χ4n) is 6.02. The molecule has 1 aliphatic heterocycles. The molecule has 0 radical (unpaired) electrons. The lowest BCUT2D eigenvalue weighted by Crippen LogP contribution is -2.48. The number of amides is 1. The van der Waals surface area contributed by atoms with Gasteiger partial charge in [-0.15, -0.1) is 0 Å². The van der Waals surface area contributed by atoms with Crippen LogP contribution >= 0.6 is 0 Å². The molecule has 1 unspecified atom stereocenters. The minimum absolute atomic E-state index is 0.116. The predicted octanol–water partition coefficient (Wildman–Crippen LogP) is 5.08. The predicted molar refractivity (Wildman–Crippen MR) is 154 cm³/mol. The van der Waals surface area contributed by atoms with E-state index in [0.717, 1.165) is 23.7 Å². The maximum absolute atomic E-state index is 14.4. The Hall–Kier alpha value is -3.35. The lowest BCUT2D eigenvalue weighted by molar-refractivity contribution is -0.149. The summed E-state index contributed by atoms with van der Waals surface area (Å²) in [5.41, 5.74) is 3.05. The number of para-hydroxylation sites is 1. The summed E-state index contributed by atoms with van der Waals surface area (Å²) in [5.74, 6) is -0.968. The van der Waals surface area contributed by atoms with Gasteiger partial charge in [0.05, 0.1) is 24.5 Å². The molecule has 1 aliphatic carbocycles. The molecule has 5 rings (SSSR count). The number of hydrogen-bond donors (Lipinski definition) is 2. The van der Waals surface area contributed by atoms with Crippen molar-refractivity contribution in [3.8, 4) is 5.69 Å². The zero-order valence-electron chi connectivity index (χ0n) is 24.1. The first-order chi connectivity index (χ1) is 20.6. The van der Waals surface area contributed by atoms with Crippen LogP contribution in [-0.4, -0.2) is 76.2 Å². The van der Waals surface area contributed by atoms with Crippen LogP contribution < -0.4 is 10.6 Å². The highest BCUT2D eigenvalue weighted by Crippen LogP contribution is 2.26. The molecule has 1 saturated heterocycles. The van der Waals surface area contributed by atoms with Crippen LogP contribution in [0.5, 0.6) is 0 Å². The molecule has 43 heavy (non-hydrogen) atoms. The summed E-state index contributed by atoms with van der Waals surface area (Å²) in [4.78, 5) is 21.3. The second-order valence-electron chi connectivity index (χ2n) is 11.4. The van der Waals surface area contributed by atoms with E-state index in [1.807, 2.05) is 35.8 Å². The lowest BCUT2D eigenvalue weighted by atomic mass is 9.87. The number of rotatable bonds is 10. The third-order valence-electron chi connectivity index (χ3n) is 8.16. The lowest BCUT2D eigenvalue weighted by Gasteiger charge is -2.35. The van der Waals surface area contributed by atoms with Gasteiger partial charge in [0.15, 0.2) is 5.82 Å². The third kappa shape index (κ3) is 8.18. The number of carbonyl (C=O) groups is 1. The monoisotopic (exact) mass is 604 g/mol. The number of halogens is 5. The largest absolute Gasteiger partial charge is 0.401 e. The van der Waals surface area contributed by atoms with Crippen molar-refractivity contribution in [3.63, 3.8) is 0 Å². The van der Waals surface area contributed by atoms with Gasteiger partial charge in [0, 0.05) is 44.8 Å². The molecule has 2 aliphatic rings. The van der Waals surface area contributed by atoms with E-state index in [1.54, 1.807) is 12.5 Å². The fourth-order valence-corrected chi connectivity index (χ4v) is 6.02. The Morgan fingerprint density at radius 3 is 2.58 bits per heavy atom. The quantitative estimate of drug-likeness (QED) is 0.316. The highest BCUT2D eigenvalue weighted by atomic mass is 19.4. The van der Waals surface area contributed by atoms with Gasteiger partial charge < -0.3 is 15.2 Å². The van der Waals surface area contributed by atoms with Crippen molar-refractivity contribution in [1.29, 1.82) is 0 Å². The second-order valence-corrected chi connectivity index (χ2v) is 11.4. The highest BCUT2D eigenvalue weighted by Gasteiger charge is 2.32. The van der Waals surface area contributed by atoms with Gasteiger partial charge in [0.1, 0.15) is 18.0 Å². The number of fused-ring (bicyclic) bond motifs is 1. The van der Waals surface area contributed by atoms with Gasteiger partial charge in [-0.1, -0.05) is 31.5 Å². The molecule has 2 aromatic carbocycles. The first kappa shape index (κ1) is 31.1. The Kier molecular flexibility index (Phi) is 9.78. The average Bonchev–Trinajstić information content (AvgIpc) is 3.42. The van der Waals surface area contributed by atoms with Crippen molar-refractivity contribution < 1.29 is 26.7 Å². The Balaban J connectivity index is 1.20. The van der Waals surface area contributed by atoms with Gasteiger partial charge in [0.2, 0.25) is 5.91 Å². The zero-order chi connectivity index (χ0) is 30.6. The van der Waals surface area contributed by atoms with Crippen molar-refractivity contribution in [2.75, 3.05) is 38.0 Å². The number of alkyl halides is 3. The van der Waals surface area contributed by atoms with Crippen LogP contribution in [0.4, 0.5) is 27.8 Å². The third-order valence-corrected chi connectivity index (χ3v) is 8.16. The Morgan fingerprint density at radius 1 is 1.09 bits per heavy atom. The number of aromatic nitrogens is 2. The first-order valence-electron chi connectivity index (χ1n) is 14.8. The van der Waals surface area contributed by atoms with Gasteiger partial charge >= 0.3 is 6.18 Å². The van der Waals surface area contributed by atoms with Gasteiger partial charge in [-0.2, -0.15) is 13.2 Å². The number of imidazole rings is 1. The van der Waals surface area contributed by atoms with Gasteiger partial charge in [-0.05, 0) is 54.5 Å². The van der Waals surface area contributed by atoms with E-state index in [2.05, 4.69) is 20.5 Å². The number of aryl methyl sites for hydroxylation is 1. The summed E-state index contributed by atoms with van der Waals surface area (Å²) in [7, 11) is 0. The molecule has 0 bridgehead atoms. The number of hydrogen-bond acceptors (Lipinski definition) is 5. The molecule has 2 heterocycles. The van der Waals surface area contributed by atoms with Gasteiger partial charge in [0.25, 0.3) is 0 Å². The molecule has 1 amide bonds. The van der Waals surface area contributed by atoms with E-state index in [9.17, 15) is 26.7 Å². The molecule has 232 valence electrons. The molecular formula is C31H37F5N6O. The highest BCUT2D eigenvalue weighted by molar-refractivity contribution is 5.94. The SMILES string of the molecule is CCCC(N[C@H]1CCc2cc(F)cc(F)c2C1)C(=O)Nc1cn(-c2ccccc2CN2CCN(CC(F)(F)F)CC2)cn1. The molecule has 1 fully saturated rings. The molecule has 0 saturated carbocycles. The van der Waals surface area contributed by atoms with E-state index < -0.39 is 30.4 Å². The Morgan fingerprint density at radius 2 is 1.84 bits per heavy atom.